The number of anilines is 1. The lowest BCUT2D eigenvalue weighted by Crippen LogP contribution is -2.49. The Kier molecular flexibility index (Phi) is 6.35. The molecule has 1 aliphatic rings. The van der Waals surface area contributed by atoms with Gasteiger partial charge in [-0.15, -0.1) is 0 Å². The van der Waals surface area contributed by atoms with Gasteiger partial charge < -0.3 is 15.1 Å². The maximum atomic E-state index is 12.9. The van der Waals surface area contributed by atoms with Crippen molar-refractivity contribution in [1.82, 2.24) is 15.2 Å². The molecule has 2 amide bonds. The van der Waals surface area contributed by atoms with Gasteiger partial charge in [0.15, 0.2) is 0 Å². The molecule has 1 fully saturated rings. The molecule has 142 valence electrons. The minimum atomic E-state index is -0.283. The van der Waals surface area contributed by atoms with Crippen molar-refractivity contribution in [1.29, 1.82) is 0 Å². The van der Waals surface area contributed by atoms with Crippen molar-refractivity contribution in [3.63, 3.8) is 0 Å². The molecule has 1 N–H and O–H groups in total. The monoisotopic (exact) mass is 370 g/mol. The Bertz CT molecular complexity index is 759. The zero-order valence-corrected chi connectivity index (χ0v) is 15.1. The van der Waals surface area contributed by atoms with E-state index in [1.807, 2.05) is 18.2 Å². The molecule has 6 nitrogen and oxygen atoms in total. The third-order valence-electron chi connectivity index (χ3n) is 4.57. The molecular weight excluding hydrogens is 347 g/mol. The van der Waals surface area contributed by atoms with Crippen molar-refractivity contribution in [3.05, 3.63) is 60.0 Å². The Balaban J connectivity index is 1.37. The van der Waals surface area contributed by atoms with E-state index in [0.717, 1.165) is 11.4 Å². The van der Waals surface area contributed by atoms with Gasteiger partial charge in [-0.25, -0.2) is 9.37 Å². The van der Waals surface area contributed by atoms with E-state index in [4.69, 9.17) is 0 Å². The van der Waals surface area contributed by atoms with Gasteiger partial charge in [0.05, 0.1) is 0 Å². The summed E-state index contributed by atoms with van der Waals surface area (Å²) in [6, 6.07) is 11.9. The highest BCUT2D eigenvalue weighted by Crippen LogP contribution is 2.13. The van der Waals surface area contributed by atoms with Crippen LogP contribution >= 0.6 is 0 Å². The van der Waals surface area contributed by atoms with Crippen LogP contribution in [0.5, 0.6) is 0 Å². The van der Waals surface area contributed by atoms with Crippen molar-refractivity contribution in [3.8, 4) is 0 Å². The Morgan fingerprint density at radius 2 is 1.78 bits per heavy atom. The number of hydrogen-bond acceptors (Lipinski definition) is 4. The third-order valence-corrected chi connectivity index (χ3v) is 4.57. The summed E-state index contributed by atoms with van der Waals surface area (Å²) >= 11 is 0. The van der Waals surface area contributed by atoms with Crippen molar-refractivity contribution >= 4 is 17.6 Å². The van der Waals surface area contributed by atoms with Crippen LogP contribution in [0, 0.1) is 5.82 Å². The molecule has 0 spiro atoms. The highest BCUT2D eigenvalue weighted by molar-refractivity contribution is 5.96. The number of piperazine rings is 1. The molecule has 7 heteroatoms. The molecule has 0 radical (unpaired) electrons. The van der Waals surface area contributed by atoms with E-state index in [9.17, 15) is 14.0 Å². The molecule has 2 aromatic rings. The van der Waals surface area contributed by atoms with Crippen LogP contribution in [0.25, 0.3) is 0 Å². The zero-order valence-electron chi connectivity index (χ0n) is 15.1. The molecule has 1 aromatic heterocycles. The molecule has 0 aliphatic carbocycles. The number of carbonyl (C=O) groups is 2. The number of pyridine rings is 1. The third kappa shape index (κ3) is 5.51. The molecule has 0 unspecified atom stereocenters. The number of nitrogens with one attached hydrogen (secondary N) is 1. The zero-order chi connectivity index (χ0) is 19.1. The Morgan fingerprint density at radius 1 is 1.04 bits per heavy atom. The quantitative estimate of drug-likeness (QED) is 0.785. The number of carbonyl (C=O) groups excluding carboxylic acids is 2. The van der Waals surface area contributed by atoms with E-state index in [1.54, 1.807) is 23.2 Å². The first kappa shape index (κ1) is 18.8. The average Bonchev–Trinajstić information content (AvgIpc) is 2.70. The van der Waals surface area contributed by atoms with Gasteiger partial charge >= 0.3 is 0 Å². The minimum absolute atomic E-state index is 0.146. The van der Waals surface area contributed by atoms with Gasteiger partial charge in [-0.05, 0) is 36.2 Å². The number of aromatic nitrogens is 1. The predicted octanol–water partition coefficient (Wildman–Crippen LogP) is 1.62. The highest BCUT2D eigenvalue weighted by Gasteiger charge is 2.23. The summed E-state index contributed by atoms with van der Waals surface area (Å²) in [4.78, 5) is 32.5. The number of halogens is 1. The van der Waals surface area contributed by atoms with Crippen LogP contribution in [0.2, 0.25) is 0 Å². The van der Waals surface area contributed by atoms with Crippen LogP contribution in [0.4, 0.5) is 10.2 Å². The second-order valence-electron chi connectivity index (χ2n) is 6.46. The maximum Gasteiger partial charge on any atom is 0.232 e. The summed E-state index contributed by atoms with van der Waals surface area (Å²) in [7, 11) is 0. The number of hydrogen-bond donors (Lipinski definition) is 1. The molecule has 2 heterocycles. The summed E-state index contributed by atoms with van der Waals surface area (Å²) in [5, 5.41) is 2.75. The van der Waals surface area contributed by atoms with Gasteiger partial charge in [0, 0.05) is 38.9 Å². The normalized spacial score (nSPS) is 14.1. The molecule has 1 saturated heterocycles. The first-order valence-corrected chi connectivity index (χ1v) is 9.07. The smallest absolute Gasteiger partial charge is 0.232 e. The molecule has 27 heavy (non-hydrogen) atoms. The summed E-state index contributed by atoms with van der Waals surface area (Å²) < 4.78 is 12.9. The Labute approximate surface area is 158 Å². The topological polar surface area (TPSA) is 65.5 Å². The van der Waals surface area contributed by atoms with Gasteiger partial charge in [0.1, 0.15) is 18.1 Å². The number of amides is 2. The first-order valence-electron chi connectivity index (χ1n) is 9.07. The lowest BCUT2D eigenvalue weighted by Gasteiger charge is -2.35. The molecule has 0 saturated carbocycles. The average molecular weight is 370 g/mol. The molecule has 3 rings (SSSR count). The van der Waals surface area contributed by atoms with E-state index in [2.05, 4.69) is 15.2 Å². The van der Waals surface area contributed by atoms with E-state index < -0.39 is 0 Å². The van der Waals surface area contributed by atoms with E-state index in [0.29, 0.717) is 39.1 Å². The van der Waals surface area contributed by atoms with Crippen LogP contribution in [0.1, 0.15) is 12.0 Å². The largest absolute Gasteiger partial charge is 0.355 e. The van der Waals surface area contributed by atoms with Crippen molar-refractivity contribution in [2.75, 3.05) is 37.6 Å². The maximum absolute atomic E-state index is 12.9. The lowest BCUT2D eigenvalue weighted by molar-refractivity contribution is -0.136. The number of rotatable bonds is 6. The molecule has 0 atom stereocenters. The van der Waals surface area contributed by atoms with Gasteiger partial charge in [-0.3, -0.25) is 9.59 Å². The van der Waals surface area contributed by atoms with Crippen molar-refractivity contribution < 1.29 is 14.0 Å². The second-order valence-corrected chi connectivity index (χ2v) is 6.46. The SMILES string of the molecule is O=C(CC(=O)N1CCN(c2ccccn2)CC1)NCCc1ccc(F)cc1. The molecule has 1 aliphatic heterocycles. The second kappa shape index (κ2) is 9.12. The Morgan fingerprint density at radius 3 is 2.44 bits per heavy atom. The van der Waals surface area contributed by atoms with Crippen LogP contribution in [-0.2, 0) is 16.0 Å². The van der Waals surface area contributed by atoms with E-state index >= 15 is 0 Å². The van der Waals surface area contributed by atoms with E-state index in [-0.39, 0.29) is 24.1 Å². The van der Waals surface area contributed by atoms with Crippen molar-refractivity contribution in [2.24, 2.45) is 0 Å². The van der Waals surface area contributed by atoms with Gasteiger partial charge in [-0.1, -0.05) is 18.2 Å². The Hall–Kier alpha value is -2.96. The number of nitrogens with zero attached hydrogens (tertiary/aromatic N) is 3. The van der Waals surface area contributed by atoms with Crippen LogP contribution in [0.3, 0.4) is 0 Å². The summed E-state index contributed by atoms with van der Waals surface area (Å²) in [6.45, 7) is 2.99. The number of benzene rings is 1. The first-order chi connectivity index (χ1) is 13.1. The molecule has 1 aromatic carbocycles. The molecular formula is C20H23FN4O2. The summed E-state index contributed by atoms with van der Waals surface area (Å²) in [5.74, 6) is 0.184. The summed E-state index contributed by atoms with van der Waals surface area (Å²) in [6.07, 6.45) is 2.21. The van der Waals surface area contributed by atoms with Gasteiger partial charge in [0.2, 0.25) is 11.8 Å². The lowest BCUT2D eigenvalue weighted by atomic mass is 10.1. The van der Waals surface area contributed by atoms with Crippen LogP contribution in [-0.4, -0.2) is 54.4 Å². The fourth-order valence-electron chi connectivity index (χ4n) is 3.03. The molecule has 0 bridgehead atoms. The van der Waals surface area contributed by atoms with E-state index in [1.165, 1.54) is 12.1 Å². The fourth-order valence-corrected chi connectivity index (χ4v) is 3.03. The minimum Gasteiger partial charge on any atom is -0.355 e. The van der Waals surface area contributed by atoms with Gasteiger partial charge in [0.25, 0.3) is 0 Å². The van der Waals surface area contributed by atoms with Crippen LogP contribution < -0.4 is 10.2 Å². The van der Waals surface area contributed by atoms with Crippen LogP contribution in [0.15, 0.2) is 48.7 Å². The predicted molar refractivity (Wildman–Crippen MR) is 101 cm³/mol. The van der Waals surface area contributed by atoms with Crippen molar-refractivity contribution in [2.45, 2.75) is 12.8 Å². The highest BCUT2D eigenvalue weighted by atomic mass is 19.1. The summed E-state index contributed by atoms with van der Waals surface area (Å²) in [5.41, 5.74) is 0.939. The van der Waals surface area contributed by atoms with Gasteiger partial charge in [-0.2, -0.15) is 0 Å². The fraction of sp³-hybridized carbons (Fsp3) is 0.350. The standard InChI is InChI=1S/C20H23FN4O2/c21-17-6-4-16(5-7-17)8-10-23-19(26)15-20(27)25-13-11-24(12-14-25)18-3-1-2-9-22-18/h1-7,9H,8,10-15H2,(H,23,26).